The van der Waals surface area contributed by atoms with Gasteiger partial charge in [-0.3, -0.25) is 0 Å². The molecule has 148 valence electrons. The summed E-state index contributed by atoms with van der Waals surface area (Å²) in [5.41, 5.74) is 1.76. The molecule has 1 aromatic rings. The highest BCUT2D eigenvalue weighted by Crippen LogP contribution is 2.37. The summed E-state index contributed by atoms with van der Waals surface area (Å²) in [5.74, 6) is 2.28. The SMILES string of the molecule is CC(C)Oc1ccc(C2=NOC3(CCOC3)C2)cc1OCC1CCCCC1. The van der Waals surface area contributed by atoms with Crippen molar-refractivity contribution >= 4 is 5.71 Å². The largest absolute Gasteiger partial charge is 0.489 e. The molecule has 1 atom stereocenters. The summed E-state index contributed by atoms with van der Waals surface area (Å²) in [6.45, 7) is 6.22. The number of benzene rings is 1. The van der Waals surface area contributed by atoms with E-state index in [1.807, 2.05) is 19.9 Å². The van der Waals surface area contributed by atoms with Crippen LogP contribution < -0.4 is 9.47 Å². The molecule has 0 aromatic heterocycles. The van der Waals surface area contributed by atoms with Crippen molar-refractivity contribution in [1.82, 2.24) is 0 Å². The van der Waals surface area contributed by atoms with Crippen LogP contribution in [0.1, 0.15) is 64.4 Å². The predicted octanol–water partition coefficient (Wildman–Crippen LogP) is 4.72. The molecular formula is C22H31NO4. The second kappa shape index (κ2) is 8.09. The minimum Gasteiger partial charge on any atom is -0.489 e. The second-order valence-electron chi connectivity index (χ2n) is 8.43. The van der Waals surface area contributed by atoms with Crippen LogP contribution in [-0.2, 0) is 9.57 Å². The van der Waals surface area contributed by atoms with Crippen molar-refractivity contribution in [2.75, 3.05) is 19.8 Å². The third kappa shape index (κ3) is 4.40. The van der Waals surface area contributed by atoms with Crippen LogP contribution in [0.5, 0.6) is 11.5 Å². The molecule has 2 aliphatic heterocycles. The van der Waals surface area contributed by atoms with E-state index in [1.54, 1.807) is 0 Å². The van der Waals surface area contributed by atoms with Crippen LogP contribution in [0.3, 0.4) is 0 Å². The lowest BCUT2D eigenvalue weighted by Crippen LogP contribution is -2.29. The first-order valence-corrected chi connectivity index (χ1v) is 10.4. The third-order valence-electron chi connectivity index (χ3n) is 5.75. The van der Waals surface area contributed by atoms with E-state index in [0.29, 0.717) is 12.5 Å². The number of hydrogen-bond donors (Lipinski definition) is 0. The molecule has 1 aliphatic carbocycles. The second-order valence-corrected chi connectivity index (χ2v) is 8.43. The molecule has 1 saturated carbocycles. The Balaban J connectivity index is 1.49. The van der Waals surface area contributed by atoms with E-state index in [0.717, 1.165) is 48.8 Å². The lowest BCUT2D eigenvalue weighted by molar-refractivity contribution is -0.0237. The average molecular weight is 373 g/mol. The maximum absolute atomic E-state index is 6.25. The molecule has 0 N–H and O–H groups in total. The van der Waals surface area contributed by atoms with E-state index in [1.165, 1.54) is 32.1 Å². The lowest BCUT2D eigenvalue weighted by Gasteiger charge is -2.23. The summed E-state index contributed by atoms with van der Waals surface area (Å²) in [5, 5.41) is 4.36. The van der Waals surface area contributed by atoms with Crippen molar-refractivity contribution in [2.45, 2.75) is 70.5 Å². The molecule has 4 rings (SSSR count). The monoisotopic (exact) mass is 373 g/mol. The fraction of sp³-hybridized carbons (Fsp3) is 0.682. The van der Waals surface area contributed by atoms with Crippen LogP contribution in [0.15, 0.2) is 23.4 Å². The Kier molecular flexibility index (Phi) is 5.58. The van der Waals surface area contributed by atoms with Gasteiger partial charge in [-0.25, -0.2) is 0 Å². The zero-order chi connectivity index (χ0) is 18.7. The van der Waals surface area contributed by atoms with Gasteiger partial charge in [0.05, 0.1) is 31.6 Å². The minimum atomic E-state index is -0.258. The quantitative estimate of drug-likeness (QED) is 0.724. The Labute approximate surface area is 162 Å². The zero-order valence-corrected chi connectivity index (χ0v) is 16.5. The van der Waals surface area contributed by atoms with Gasteiger partial charge in [0.15, 0.2) is 17.1 Å². The zero-order valence-electron chi connectivity index (χ0n) is 16.5. The summed E-state index contributed by atoms with van der Waals surface area (Å²) < 4.78 is 17.7. The molecule has 27 heavy (non-hydrogen) atoms. The summed E-state index contributed by atoms with van der Waals surface area (Å²) >= 11 is 0. The van der Waals surface area contributed by atoms with Crippen molar-refractivity contribution in [3.8, 4) is 11.5 Å². The van der Waals surface area contributed by atoms with Crippen LogP contribution >= 0.6 is 0 Å². The first kappa shape index (κ1) is 18.6. The fourth-order valence-electron chi connectivity index (χ4n) is 4.19. The van der Waals surface area contributed by atoms with Gasteiger partial charge in [-0.15, -0.1) is 0 Å². The molecule has 2 heterocycles. The van der Waals surface area contributed by atoms with Gasteiger partial charge in [0.2, 0.25) is 0 Å². The highest BCUT2D eigenvalue weighted by Gasteiger charge is 2.43. The molecule has 0 radical (unpaired) electrons. The van der Waals surface area contributed by atoms with Crippen molar-refractivity contribution in [3.05, 3.63) is 23.8 Å². The Hall–Kier alpha value is -1.75. The Morgan fingerprint density at radius 1 is 1.19 bits per heavy atom. The van der Waals surface area contributed by atoms with Gasteiger partial charge < -0.3 is 19.0 Å². The van der Waals surface area contributed by atoms with E-state index in [2.05, 4.69) is 17.3 Å². The Bertz CT molecular complexity index is 673. The molecule has 1 spiro atoms. The average Bonchev–Trinajstić information content (AvgIpc) is 3.31. The van der Waals surface area contributed by atoms with Gasteiger partial charge >= 0.3 is 0 Å². The van der Waals surface area contributed by atoms with Crippen LogP contribution in [0.2, 0.25) is 0 Å². The molecular weight excluding hydrogens is 342 g/mol. The van der Waals surface area contributed by atoms with Gasteiger partial charge in [-0.1, -0.05) is 24.4 Å². The molecule has 1 aromatic carbocycles. The van der Waals surface area contributed by atoms with Crippen LogP contribution in [0.4, 0.5) is 0 Å². The summed E-state index contributed by atoms with van der Waals surface area (Å²) in [4.78, 5) is 5.75. The third-order valence-corrected chi connectivity index (χ3v) is 5.75. The van der Waals surface area contributed by atoms with Crippen molar-refractivity contribution in [3.63, 3.8) is 0 Å². The number of nitrogens with zero attached hydrogens (tertiary/aromatic N) is 1. The van der Waals surface area contributed by atoms with E-state index < -0.39 is 0 Å². The first-order valence-electron chi connectivity index (χ1n) is 10.4. The highest BCUT2D eigenvalue weighted by atomic mass is 16.7. The summed E-state index contributed by atoms with van der Waals surface area (Å²) in [6.07, 6.45) is 8.34. The summed E-state index contributed by atoms with van der Waals surface area (Å²) in [7, 11) is 0. The smallest absolute Gasteiger partial charge is 0.168 e. The minimum absolute atomic E-state index is 0.110. The van der Waals surface area contributed by atoms with Crippen LogP contribution in [0, 0.1) is 5.92 Å². The normalized spacial score (nSPS) is 25.7. The van der Waals surface area contributed by atoms with Gasteiger partial charge in [0.25, 0.3) is 0 Å². The number of oxime groups is 1. The lowest BCUT2D eigenvalue weighted by atomic mass is 9.90. The van der Waals surface area contributed by atoms with Gasteiger partial charge in [-0.05, 0) is 50.8 Å². The van der Waals surface area contributed by atoms with E-state index in [9.17, 15) is 0 Å². The van der Waals surface area contributed by atoms with Crippen molar-refractivity contribution in [1.29, 1.82) is 0 Å². The van der Waals surface area contributed by atoms with E-state index in [4.69, 9.17) is 19.0 Å². The number of ether oxygens (including phenoxy) is 3. The molecule has 3 aliphatic rings. The molecule has 5 nitrogen and oxygen atoms in total. The molecule has 2 fully saturated rings. The van der Waals surface area contributed by atoms with Gasteiger partial charge in [0, 0.05) is 18.4 Å². The Morgan fingerprint density at radius 3 is 2.78 bits per heavy atom. The molecule has 1 unspecified atom stereocenters. The Morgan fingerprint density at radius 2 is 2.04 bits per heavy atom. The summed E-state index contributed by atoms with van der Waals surface area (Å²) in [6, 6.07) is 6.13. The molecule has 0 bridgehead atoms. The maximum Gasteiger partial charge on any atom is 0.168 e. The fourth-order valence-corrected chi connectivity index (χ4v) is 4.19. The van der Waals surface area contributed by atoms with Crippen LogP contribution in [0.25, 0.3) is 0 Å². The van der Waals surface area contributed by atoms with Crippen molar-refractivity contribution < 1.29 is 19.0 Å². The van der Waals surface area contributed by atoms with E-state index >= 15 is 0 Å². The first-order chi connectivity index (χ1) is 13.1. The molecule has 1 saturated heterocycles. The van der Waals surface area contributed by atoms with E-state index in [-0.39, 0.29) is 11.7 Å². The molecule has 0 amide bonds. The van der Waals surface area contributed by atoms with Gasteiger partial charge in [0.1, 0.15) is 0 Å². The van der Waals surface area contributed by atoms with Crippen LogP contribution in [-0.4, -0.2) is 37.2 Å². The number of hydrogen-bond acceptors (Lipinski definition) is 5. The molecule has 5 heteroatoms. The van der Waals surface area contributed by atoms with Gasteiger partial charge in [-0.2, -0.15) is 0 Å². The standard InChI is InChI=1S/C22H31NO4/c1-16(2)26-20-9-8-18(19-13-22(27-23-19)10-11-24-15-22)12-21(20)25-14-17-6-4-3-5-7-17/h8-9,12,16-17H,3-7,10-11,13-15H2,1-2H3. The number of rotatable bonds is 6. The van der Waals surface area contributed by atoms with Crippen molar-refractivity contribution in [2.24, 2.45) is 11.1 Å². The maximum atomic E-state index is 6.25. The highest BCUT2D eigenvalue weighted by molar-refractivity contribution is 6.02. The predicted molar refractivity (Wildman–Crippen MR) is 105 cm³/mol. The topological polar surface area (TPSA) is 49.3 Å².